The highest BCUT2D eigenvalue weighted by molar-refractivity contribution is 6.07. The highest BCUT2D eigenvalue weighted by Gasteiger charge is 2.53. The Morgan fingerprint density at radius 2 is 0.727 bits per heavy atom. The van der Waals surface area contributed by atoms with E-state index in [4.69, 9.17) is 9.97 Å². The Morgan fingerprint density at radius 3 is 1.18 bits per heavy atom. The van der Waals surface area contributed by atoms with Crippen LogP contribution in [0.4, 0.5) is 0 Å². The van der Waals surface area contributed by atoms with E-state index in [0.29, 0.717) is 11.8 Å². The molecule has 4 atom stereocenters. The van der Waals surface area contributed by atoms with Gasteiger partial charge < -0.3 is 0 Å². The van der Waals surface area contributed by atoms with Crippen molar-refractivity contribution in [3.8, 4) is 0 Å². The van der Waals surface area contributed by atoms with Gasteiger partial charge in [0.1, 0.15) is 0 Å². The molecule has 1 fully saturated rings. The summed E-state index contributed by atoms with van der Waals surface area (Å²) in [5.74, 6) is 1.13. The molecule has 2 heteroatoms. The van der Waals surface area contributed by atoms with E-state index in [0.717, 1.165) is 11.0 Å². The second-order valence-electron chi connectivity index (χ2n) is 12.1. The van der Waals surface area contributed by atoms with E-state index >= 15 is 0 Å². The molecule has 0 aliphatic heterocycles. The minimum absolute atomic E-state index is 0.256. The molecule has 44 heavy (non-hydrogen) atoms. The van der Waals surface area contributed by atoms with Crippen molar-refractivity contribution in [3.63, 3.8) is 0 Å². The molecular weight excluding hydrogens is 532 g/mol. The Bertz CT molecular complexity index is 2140. The average Bonchev–Trinajstić information content (AvgIpc) is 3.09. The SMILES string of the molecule is c1ccc(C2C(c3ccccc3)C(c3ccnc4c3ccc3ccccc34)C2c2ccnc3c2ccc2ccccc23)cc1. The van der Waals surface area contributed by atoms with E-state index in [1.807, 2.05) is 12.4 Å². The standard InChI is InChI=1S/C42H30N2/c1-3-13-29(14-4-1)37-38(30-15-5-2-6-16-30)40(34-24-26-44-42-32-18-10-8-12-28(32)20-22-36(34)42)39(37)33-23-25-43-41-31-17-9-7-11-27(31)19-21-35(33)41/h1-26,37-40H. The van der Waals surface area contributed by atoms with Crippen LogP contribution in [-0.2, 0) is 0 Å². The summed E-state index contributed by atoms with van der Waals surface area (Å²) >= 11 is 0. The summed E-state index contributed by atoms with van der Waals surface area (Å²) in [6.45, 7) is 0. The Labute approximate surface area is 256 Å². The summed E-state index contributed by atoms with van der Waals surface area (Å²) in [6.07, 6.45) is 4.05. The molecule has 0 saturated heterocycles. The van der Waals surface area contributed by atoms with E-state index in [-0.39, 0.29) is 11.8 Å². The molecule has 0 amide bonds. The third kappa shape index (κ3) is 3.81. The van der Waals surface area contributed by atoms with E-state index in [2.05, 4.69) is 146 Å². The molecule has 1 aliphatic carbocycles. The van der Waals surface area contributed by atoms with Crippen molar-refractivity contribution in [3.05, 3.63) is 180 Å². The molecule has 8 aromatic rings. The lowest BCUT2D eigenvalue weighted by Gasteiger charge is -2.54. The van der Waals surface area contributed by atoms with Crippen molar-refractivity contribution in [2.75, 3.05) is 0 Å². The number of hydrogen-bond donors (Lipinski definition) is 0. The fourth-order valence-electron chi connectivity index (χ4n) is 8.10. The zero-order valence-electron chi connectivity index (χ0n) is 24.2. The van der Waals surface area contributed by atoms with Gasteiger partial charge in [-0.05, 0) is 68.8 Å². The van der Waals surface area contributed by atoms with Crippen LogP contribution in [-0.4, -0.2) is 9.97 Å². The molecule has 2 aromatic heterocycles. The third-order valence-electron chi connectivity index (χ3n) is 9.97. The summed E-state index contributed by atoms with van der Waals surface area (Å²) in [5, 5.41) is 7.36. The van der Waals surface area contributed by atoms with Crippen LogP contribution in [0.5, 0.6) is 0 Å². The fourth-order valence-corrected chi connectivity index (χ4v) is 8.10. The van der Waals surface area contributed by atoms with Crippen LogP contribution in [0.3, 0.4) is 0 Å². The summed E-state index contributed by atoms with van der Waals surface area (Å²) in [5.41, 5.74) is 7.68. The van der Waals surface area contributed by atoms with E-state index in [1.54, 1.807) is 0 Å². The minimum Gasteiger partial charge on any atom is -0.256 e. The van der Waals surface area contributed by atoms with Crippen molar-refractivity contribution < 1.29 is 0 Å². The molecule has 0 bridgehead atoms. The minimum atomic E-state index is 0.256. The third-order valence-corrected chi connectivity index (χ3v) is 9.97. The fraction of sp³-hybridized carbons (Fsp3) is 0.0952. The molecule has 1 saturated carbocycles. The lowest BCUT2D eigenvalue weighted by Crippen LogP contribution is -2.40. The van der Waals surface area contributed by atoms with Crippen molar-refractivity contribution >= 4 is 43.4 Å². The van der Waals surface area contributed by atoms with Crippen LogP contribution in [0.15, 0.2) is 158 Å². The topological polar surface area (TPSA) is 25.8 Å². The maximum absolute atomic E-state index is 4.96. The molecule has 1 aliphatic rings. The normalized spacial score (nSPS) is 19.8. The van der Waals surface area contributed by atoms with E-state index in [9.17, 15) is 0 Å². The molecule has 0 radical (unpaired) electrons. The Kier molecular flexibility index (Phi) is 5.80. The predicted octanol–water partition coefficient (Wildman–Crippen LogP) is 10.5. The molecule has 2 heterocycles. The monoisotopic (exact) mass is 562 g/mol. The summed E-state index contributed by atoms with van der Waals surface area (Å²) in [4.78, 5) is 9.92. The number of benzene rings is 6. The molecule has 4 unspecified atom stereocenters. The lowest BCUT2D eigenvalue weighted by molar-refractivity contribution is 0.231. The highest BCUT2D eigenvalue weighted by Crippen LogP contribution is 2.67. The molecule has 2 nitrogen and oxygen atoms in total. The van der Waals surface area contributed by atoms with Gasteiger partial charge in [0, 0.05) is 33.9 Å². The Hall–Kier alpha value is -5.34. The number of hydrogen-bond acceptors (Lipinski definition) is 2. The predicted molar refractivity (Wildman–Crippen MR) is 182 cm³/mol. The second-order valence-corrected chi connectivity index (χ2v) is 12.1. The summed E-state index contributed by atoms with van der Waals surface area (Å²) in [6, 6.07) is 53.2. The van der Waals surface area contributed by atoms with Crippen molar-refractivity contribution in [2.45, 2.75) is 23.7 Å². The second kappa shape index (κ2) is 10.1. The average molecular weight is 563 g/mol. The van der Waals surface area contributed by atoms with E-state index in [1.165, 1.54) is 54.6 Å². The first-order chi connectivity index (χ1) is 21.9. The number of nitrogens with zero attached hydrogens (tertiary/aromatic N) is 2. The maximum Gasteiger partial charge on any atom is 0.0783 e. The van der Waals surface area contributed by atoms with Gasteiger partial charge in [-0.2, -0.15) is 0 Å². The summed E-state index contributed by atoms with van der Waals surface area (Å²) < 4.78 is 0. The number of fused-ring (bicyclic) bond motifs is 6. The molecule has 9 rings (SSSR count). The molecule has 0 N–H and O–H groups in total. The van der Waals surface area contributed by atoms with E-state index < -0.39 is 0 Å². The maximum atomic E-state index is 4.96. The first kappa shape index (κ1) is 25.2. The van der Waals surface area contributed by atoms with Gasteiger partial charge in [0.25, 0.3) is 0 Å². The number of rotatable bonds is 4. The zero-order chi connectivity index (χ0) is 29.0. The zero-order valence-corrected chi connectivity index (χ0v) is 24.2. The van der Waals surface area contributed by atoms with Gasteiger partial charge in [0.2, 0.25) is 0 Å². The van der Waals surface area contributed by atoms with Gasteiger partial charge in [-0.15, -0.1) is 0 Å². The Balaban J connectivity index is 1.34. The number of aromatic nitrogens is 2. The van der Waals surface area contributed by atoms with Crippen LogP contribution in [0.25, 0.3) is 43.4 Å². The van der Waals surface area contributed by atoms with Crippen molar-refractivity contribution in [1.29, 1.82) is 0 Å². The van der Waals surface area contributed by atoms with Gasteiger partial charge >= 0.3 is 0 Å². The first-order valence-electron chi connectivity index (χ1n) is 15.5. The summed E-state index contributed by atoms with van der Waals surface area (Å²) in [7, 11) is 0. The van der Waals surface area contributed by atoms with Gasteiger partial charge in [-0.1, -0.05) is 133 Å². The Morgan fingerprint density at radius 1 is 0.318 bits per heavy atom. The van der Waals surface area contributed by atoms with Gasteiger partial charge in [-0.3, -0.25) is 9.97 Å². The number of pyridine rings is 2. The van der Waals surface area contributed by atoms with Gasteiger partial charge in [0.15, 0.2) is 0 Å². The highest BCUT2D eigenvalue weighted by atomic mass is 14.7. The van der Waals surface area contributed by atoms with Gasteiger partial charge in [0.05, 0.1) is 11.0 Å². The van der Waals surface area contributed by atoms with Crippen LogP contribution < -0.4 is 0 Å². The molecular formula is C42H30N2. The molecule has 0 spiro atoms. The van der Waals surface area contributed by atoms with Crippen LogP contribution in [0.1, 0.15) is 45.9 Å². The van der Waals surface area contributed by atoms with Crippen molar-refractivity contribution in [1.82, 2.24) is 9.97 Å². The van der Waals surface area contributed by atoms with Crippen LogP contribution in [0.2, 0.25) is 0 Å². The quantitative estimate of drug-likeness (QED) is 0.199. The van der Waals surface area contributed by atoms with Crippen LogP contribution in [0, 0.1) is 0 Å². The molecule has 208 valence electrons. The smallest absolute Gasteiger partial charge is 0.0783 e. The molecule has 6 aromatic carbocycles. The largest absolute Gasteiger partial charge is 0.256 e. The van der Waals surface area contributed by atoms with Crippen molar-refractivity contribution in [2.24, 2.45) is 0 Å². The first-order valence-corrected chi connectivity index (χ1v) is 15.5. The van der Waals surface area contributed by atoms with Crippen LogP contribution >= 0.6 is 0 Å². The lowest BCUT2D eigenvalue weighted by atomic mass is 9.48. The van der Waals surface area contributed by atoms with Gasteiger partial charge in [-0.25, -0.2) is 0 Å².